The van der Waals surface area contributed by atoms with E-state index in [1.807, 2.05) is 0 Å². The number of aromatic nitrogens is 2. The molecule has 0 spiro atoms. The number of nitrogens with zero attached hydrogens (tertiary/aromatic N) is 3. The van der Waals surface area contributed by atoms with Crippen LogP contribution in [0.25, 0.3) is 0 Å². The van der Waals surface area contributed by atoms with Gasteiger partial charge < -0.3 is 0 Å². The summed E-state index contributed by atoms with van der Waals surface area (Å²) in [5, 5.41) is 6.50. The van der Waals surface area contributed by atoms with Gasteiger partial charge in [-0.1, -0.05) is 0 Å². The maximum absolute atomic E-state index is 11.6. The Morgan fingerprint density at radius 3 is 2.75 bits per heavy atom. The van der Waals surface area contributed by atoms with E-state index in [2.05, 4.69) is 10.2 Å². The molecule has 2 rings (SSSR count). The normalized spacial score (nSPS) is 21.4. The van der Waals surface area contributed by atoms with Crippen molar-refractivity contribution in [1.29, 1.82) is 0 Å². The fraction of sp³-hybridized carbons (Fsp3) is 0.375. The van der Waals surface area contributed by atoms with Gasteiger partial charge >= 0.3 is 0 Å². The number of halogens is 1. The van der Waals surface area contributed by atoms with Gasteiger partial charge in [-0.2, -0.15) is 5.10 Å². The fourth-order valence-corrected chi connectivity index (χ4v) is 2.55. The Hall–Kier alpha value is -1.21. The van der Waals surface area contributed by atoms with Crippen LogP contribution >= 0.6 is 10.7 Å². The minimum absolute atomic E-state index is 0.0311. The summed E-state index contributed by atoms with van der Waals surface area (Å²) >= 11 is 0. The van der Waals surface area contributed by atoms with Crippen molar-refractivity contribution in [1.82, 2.24) is 10.2 Å². The van der Waals surface area contributed by atoms with E-state index in [4.69, 9.17) is 10.7 Å². The Kier molecular flexibility index (Phi) is 2.81. The van der Waals surface area contributed by atoms with Crippen LogP contribution in [0.5, 0.6) is 0 Å². The van der Waals surface area contributed by atoms with Gasteiger partial charge in [-0.3, -0.25) is 9.69 Å². The molecule has 0 bridgehead atoms. The number of carbonyl (C=O) groups excluding carboxylic acids is 1. The van der Waals surface area contributed by atoms with Gasteiger partial charge in [-0.15, -0.1) is 5.10 Å². The maximum Gasteiger partial charge on any atom is 0.237 e. The molecular weight excluding hydrogens is 254 g/mol. The molecular formula is C8H8ClN3O3S. The molecule has 0 aliphatic carbocycles. The van der Waals surface area contributed by atoms with Gasteiger partial charge in [0.05, 0.1) is 0 Å². The Bertz CT molecular complexity index is 505. The zero-order chi connectivity index (χ0) is 11.8. The lowest BCUT2D eigenvalue weighted by Gasteiger charge is -2.13. The van der Waals surface area contributed by atoms with Gasteiger partial charge in [0.15, 0.2) is 5.82 Å². The summed E-state index contributed by atoms with van der Waals surface area (Å²) < 4.78 is 22.2. The predicted octanol–water partition coefficient (Wildman–Crippen LogP) is 0.150. The summed E-state index contributed by atoms with van der Waals surface area (Å²) in [6.07, 6.45) is 1.36. The number of amides is 1. The Morgan fingerprint density at radius 2 is 2.25 bits per heavy atom. The summed E-state index contributed by atoms with van der Waals surface area (Å²) in [7, 11) is 1.50. The second-order valence-electron chi connectivity index (χ2n) is 3.39. The zero-order valence-corrected chi connectivity index (χ0v) is 9.65. The van der Waals surface area contributed by atoms with E-state index < -0.39 is 14.3 Å². The summed E-state index contributed by atoms with van der Waals surface area (Å²) in [4.78, 5) is 12.8. The number of hydrogen-bond donors (Lipinski definition) is 0. The van der Waals surface area contributed by atoms with Crippen molar-refractivity contribution in [2.45, 2.75) is 11.7 Å². The van der Waals surface area contributed by atoms with E-state index in [1.54, 1.807) is 12.1 Å². The van der Waals surface area contributed by atoms with Crippen LogP contribution in [-0.4, -0.2) is 36.3 Å². The van der Waals surface area contributed by atoms with Gasteiger partial charge in [0.2, 0.25) is 15.0 Å². The molecule has 0 aromatic carbocycles. The van der Waals surface area contributed by atoms with Crippen LogP contribution in [0.3, 0.4) is 0 Å². The third kappa shape index (κ3) is 2.14. The van der Waals surface area contributed by atoms with Gasteiger partial charge in [0, 0.05) is 29.8 Å². The second kappa shape index (κ2) is 3.99. The maximum atomic E-state index is 11.6. The van der Waals surface area contributed by atoms with Crippen LogP contribution in [0, 0.1) is 0 Å². The molecule has 86 valence electrons. The van der Waals surface area contributed by atoms with Crippen LogP contribution in [0.15, 0.2) is 18.3 Å². The van der Waals surface area contributed by atoms with Crippen LogP contribution < -0.4 is 4.90 Å². The molecule has 1 unspecified atom stereocenters. The molecule has 16 heavy (non-hydrogen) atoms. The Balaban J connectivity index is 2.25. The third-order valence-corrected chi connectivity index (χ3v) is 4.19. The zero-order valence-electron chi connectivity index (χ0n) is 8.08. The highest BCUT2D eigenvalue weighted by Gasteiger charge is 2.38. The molecule has 0 N–H and O–H groups in total. The monoisotopic (exact) mass is 261 g/mol. The van der Waals surface area contributed by atoms with Crippen LogP contribution in [-0.2, 0) is 13.8 Å². The Labute approximate surface area is 96.6 Å². The van der Waals surface area contributed by atoms with E-state index in [0.717, 1.165) is 0 Å². The van der Waals surface area contributed by atoms with E-state index in [1.165, 1.54) is 11.1 Å². The molecule has 1 fully saturated rings. The van der Waals surface area contributed by atoms with Crippen molar-refractivity contribution < 1.29 is 13.2 Å². The molecule has 1 amide bonds. The van der Waals surface area contributed by atoms with Crippen LogP contribution in [0.1, 0.15) is 6.42 Å². The van der Waals surface area contributed by atoms with Gasteiger partial charge in [-0.25, -0.2) is 8.42 Å². The molecule has 6 nitrogen and oxygen atoms in total. The smallest absolute Gasteiger partial charge is 0.237 e. The Morgan fingerprint density at radius 1 is 1.50 bits per heavy atom. The molecule has 1 aromatic rings. The van der Waals surface area contributed by atoms with Crippen LogP contribution in [0.4, 0.5) is 5.82 Å². The number of rotatable bonds is 2. The SMILES string of the molecule is O=C1CC(S(=O)(=O)Cl)CN1c1cccnn1. The van der Waals surface area contributed by atoms with Crippen molar-refractivity contribution in [3.05, 3.63) is 18.3 Å². The van der Waals surface area contributed by atoms with Gasteiger partial charge in [-0.05, 0) is 12.1 Å². The first kappa shape index (κ1) is 11.3. The molecule has 2 heterocycles. The van der Waals surface area contributed by atoms with Crippen molar-refractivity contribution in [3.63, 3.8) is 0 Å². The second-order valence-corrected chi connectivity index (χ2v) is 6.30. The highest BCUT2D eigenvalue weighted by molar-refractivity contribution is 8.14. The molecule has 1 atom stereocenters. The van der Waals surface area contributed by atoms with Gasteiger partial charge in [0.1, 0.15) is 5.25 Å². The highest BCUT2D eigenvalue weighted by Crippen LogP contribution is 2.24. The summed E-state index contributed by atoms with van der Waals surface area (Å²) in [5.74, 6) is 0.0324. The lowest BCUT2D eigenvalue weighted by molar-refractivity contribution is -0.117. The molecule has 1 aliphatic heterocycles. The van der Waals surface area contributed by atoms with Crippen molar-refractivity contribution >= 4 is 31.5 Å². The molecule has 0 saturated carbocycles. The molecule has 1 saturated heterocycles. The van der Waals surface area contributed by atoms with E-state index in [9.17, 15) is 13.2 Å². The van der Waals surface area contributed by atoms with Crippen molar-refractivity contribution in [3.8, 4) is 0 Å². The van der Waals surface area contributed by atoms with Gasteiger partial charge in [0.25, 0.3) is 0 Å². The lowest BCUT2D eigenvalue weighted by Crippen LogP contribution is -2.27. The first-order valence-corrected chi connectivity index (χ1v) is 6.87. The highest BCUT2D eigenvalue weighted by atomic mass is 35.7. The minimum Gasteiger partial charge on any atom is -0.294 e. The fourth-order valence-electron chi connectivity index (χ4n) is 1.52. The molecule has 1 aliphatic rings. The largest absolute Gasteiger partial charge is 0.294 e. The molecule has 8 heteroatoms. The van der Waals surface area contributed by atoms with Crippen molar-refractivity contribution in [2.24, 2.45) is 0 Å². The minimum atomic E-state index is -3.71. The van der Waals surface area contributed by atoms with Crippen molar-refractivity contribution in [2.75, 3.05) is 11.4 Å². The van der Waals surface area contributed by atoms with E-state index >= 15 is 0 Å². The molecule has 1 aromatic heterocycles. The van der Waals surface area contributed by atoms with Crippen LogP contribution in [0.2, 0.25) is 0 Å². The average Bonchev–Trinajstić information content (AvgIpc) is 2.61. The standard InChI is InChI=1S/C8H8ClN3O3S/c9-16(14,15)6-4-8(13)12(5-6)7-2-1-3-10-11-7/h1-3,6H,4-5H2. The summed E-state index contributed by atoms with van der Waals surface area (Å²) in [6.45, 7) is 0.0311. The summed E-state index contributed by atoms with van der Waals surface area (Å²) in [6, 6.07) is 3.21. The summed E-state index contributed by atoms with van der Waals surface area (Å²) in [5.41, 5.74) is 0. The quantitative estimate of drug-likeness (QED) is 0.708. The predicted molar refractivity (Wildman–Crippen MR) is 57.6 cm³/mol. The first-order valence-electron chi connectivity index (χ1n) is 4.50. The average molecular weight is 262 g/mol. The van der Waals surface area contributed by atoms with E-state index in [0.29, 0.717) is 5.82 Å². The topological polar surface area (TPSA) is 80.2 Å². The lowest BCUT2D eigenvalue weighted by atomic mass is 10.4. The number of hydrogen-bond acceptors (Lipinski definition) is 5. The van der Waals surface area contributed by atoms with E-state index in [-0.39, 0.29) is 18.9 Å². The first-order chi connectivity index (χ1) is 7.48. The number of carbonyl (C=O) groups is 1. The molecule has 0 radical (unpaired) electrons. The third-order valence-electron chi connectivity index (χ3n) is 2.32. The number of anilines is 1.